The van der Waals surface area contributed by atoms with E-state index in [2.05, 4.69) is 4.98 Å². The Morgan fingerprint density at radius 3 is 2.83 bits per heavy atom. The van der Waals surface area contributed by atoms with Crippen molar-refractivity contribution in [3.8, 4) is 5.75 Å². The second-order valence-corrected chi connectivity index (χ2v) is 5.08. The van der Waals surface area contributed by atoms with E-state index in [4.69, 9.17) is 22.1 Å². The number of aromatic nitrogens is 1. The van der Waals surface area contributed by atoms with Crippen LogP contribution in [-0.2, 0) is 0 Å². The maximum atomic E-state index is 5.82. The number of hydrogen-bond acceptors (Lipinski definition) is 4. The third-order valence-electron chi connectivity index (χ3n) is 2.21. The Morgan fingerprint density at radius 2 is 2.17 bits per heavy atom. The molecule has 5 heteroatoms. The van der Waals surface area contributed by atoms with Gasteiger partial charge in [0.05, 0.1) is 17.3 Å². The summed E-state index contributed by atoms with van der Waals surface area (Å²) in [6, 6.07) is 9.39. The first-order valence-corrected chi connectivity index (χ1v) is 6.70. The predicted octanol–water partition coefficient (Wildman–Crippen LogP) is 3.87. The van der Waals surface area contributed by atoms with Gasteiger partial charge in [-0.2, -0.15) is 0 Å². The fraction of sp³-hybridized carbons (Fsp3) is 0.154. The lowest BCUT2D eigenvalue weighted by Crippen LogP contribution is -1.96. The molecule has 18 heavy (non-hydrogen) atoms. The Hall–Kier alpha value is -1.39. The molecule has 0 bridgehead atoms. The summed E-state index contributed by atoms with van der Waals surface area (Å²) in [5, 5.41) is 1.51. The average Bonchev–Trinajstić information content (AvgIpc) is 2.37. The first-order chi connectivity index (χ1) is 8.69. The molecule has 94 valence electrons. The van der Waals surface area contributed by atoms with Crippen molar-refractivity contribution in [1.82, 2.24) is 4.98 Å². The molecule has 2 rings (SSSR count). The van der Waals surface area contributed by atoms with E-state index in [1.807, 2.05) is 37.3 Å². The highest BCUT2D eigenvalue weighted by Crippen LogP contribution is 2.32. The zero-order chi connectivity index (χ0) is 13.0. The minimum atomic E-state index is 0.595. The number of nitrogens with two attached hydrogens (primary N) is 1. The summed E-state index contributed by atoms with van der Waals surface area (Å²) in [7, 11) is 0. The normalized spacial score (nSPS) is 10.3. The number of nitrogens with zero attached hydrogens (tertiary/aromatic N) is 1. The van der Waals surface area contributed by atoms with Gasteiger partial charge in [0.1, 0.15) is 10.8 Å². The van der Waals surface area contributed by atoms with Crippen LogP contribution in [0.3, 0.4) is 0 Å². The molecule has 0 aliphatic rings. The van der Waals surface area contributed by atoms with E-state index >= 15 is 0 Å². The van der Waals surface area contributed by atoms with Crippen molar-refractivity contribution in [2.45, 2.75) is 16.8 Å². The first-order valence-electron chi connectivity index (χ1n) is 5.51. The molecule has 0 saturated carbocycles. The Labute approximate surface area is 115 Å². The molecule has 0 fully saturated rings. The highest BCUT2D eigenvalue weighted by atomic mass is 35.5. The van der Waals surface area contributed by atoms with Gasteiger partial charge in [0.25, 0.3) is 0 Å². The predicted molar refractivity (Wildman–Crippen MR) is 75.4 cm³/mol. The number of halogens is 1. The van der Waals surface area contributed by atoms with Gasteiger partial charge in [-0.1, -0.05) is 23.4 Å². The third-order valence-corrected chi connectivity index (χ3v) is 3.37. The number of rotatable bonds is 4. The highest BCUT2D eigenvalue weighted by Gasteiger charge is 2.04. The molecule has 1 heterocycles. The minimum absolute atomic E-state index is 0.595. The first kappa shape index (κ1) is 13.1. The fourth-order valence-electron chi connectivity index (χ4n) is 1.40. The Bertz CT molecular complexity index is 531. The van der Waals surface area contributed by atoms with Crippen molar-refractivity contribution in [1.29, 1.82) is 0 Å². The van der Waals surface area contributed by atoms with Crippen LogP contribution in [0.25, 0.3) is 0 Å². The number of benzene rings is 1. The van der Waals surface area contributed by atoms with E-state index in [0.717, 1.165) is 9.92 Å². The van der Waals surface area contributed by atoms with Crippen LogP contribution in [0.5, 0.6) is 5.75 Å². The molecule has 0 aliphatic carbocycles. The molecule has 0 aliphatic heterocycles. The SMILES string of the molecule is CCOc1cc(Sc2ccc(Cl)cn2)ccc1N. The summed E-state index contributed by atoms with van der Waals surface area (Å²) >= 11 is 7.33. The molecule has 0 unspecified atom stereocenters. The van der Waals surface area contributed by atoms with Crippen molar-refractivity contribution in [3.05, 3.63) is 41.6 Å². The second kappa shape index (κ2) is 5.98. The van der Waals surface area contributed by atoms with Crippen LogP contribution >= 0.6 is 23.4 Å². The summed E-state index contributed by atoms with van der Waals surface area (Å²) < 4.78 is 5.45. The smallest absolute Gasteiger partial charge is 0.143 e. The number of pyridine rings is 1. The van der Waals surface area contributed by atoms with Crippen molar-refractivity contribution >= 4 is 29.1 Å². The molecule has 0 atom stereocenters. The van der Waals surface area contributed by atoms with Gasteiger partial charge in [0.2, 0.25) is 0 Å². The summed E-state index contributed by atoms with van der Waals surface area (Å²) in [5.41, 5.74) is 6.47. The van der Waals surface area contributed by atoms with E-state index in [1.54, 1.807) is 6.20 Å². The van der Waals surface area contributed by atoms with Gasteiger partial charge in [0, 0.05) is 11.1 Å². The minimum Gasteiger partial charge on any atom is -0.492 e. The van der Waals surface area contributed by atoms with E-state index in [9.17, 15) is 0 Å². The van der Waals surface area contributed by atoms with Gasteiger partial charge in [-0.05, 0) is 37.3 Å². The molecule has 0 saturated heterocycles. The van der Waals surface area contributed by atoms with Crippen LogP contribution in [-0.4, -0.2) is 11.6 Å². The maximum absolute atomic E-state index is 5.82. The van der Waals surface area contributed by atoms with Gasteiger partial charge in [-0.3, -0.25) is 0 Å². The molecular formula is C13H13ClN2OS. The number of hydrogen-bond donors (Lipinski definition) is 1. The molecule has 1 aromatic heterocycles. The van der Waals surface area contributed by atoms with Crippen LogP contribution in [0, 0.1) is 0 Å². The summed E-state index contributed by atoms with van der Waals surface area (Å²) in [6.45, 7) is 2.53. The quantitative estimate of drug-likeness (QED) is 0.864. The summed E-state index contributed by atoms with van der Waals surface area (Å²) in [6.07, 6.45) is 1.63. The summed E-state index contributed by atoms with van der Waals surface area (Å²) in [5.74, 6) is 0.705. The molecular weight excluding hydrogens is 268 g/mol. The van der Waals surface area contributed by atoms with Gasteiger partial charge in [-0.25, -0.2) is 4.98 Å². The van der Waals surface area contributed by atoms with E-state index in [-0.39, 0.29) is 0 Å². The Morgan fingerprint density at radius 1 is 1.33 bits per heavy atom. The lowest BCUT2D eigenvalue weighted by molar-refractivity contribution is 0.341. The van der Waals surface area contributed by atoms with Gasteiger partial charge < -0.3 is 10.5 Å². The standard InChI is InChI=1S/C13H13ClN2OS/c1-2-17-12-7-10(4-5-11(12)15)18-13-6-3-9(14)8-16-13/h3-8H,2,15H2,1H3. The molecule has 1 aromatic carbocycles. The highest BCUT2D eigenvalue weighted by molar-refractivity contribution is 7.99. The van der Waals surface area contributed by atoms with Crippen molar-refractivity contribution in [2.24, 2.45) is 0 Å². The number of ether oxygens (including phenoxy) is 1. The largest absolute Gasteiger partial charge is 0.492 e. The van der Waals surface area contributed by atoms with Crippen molar-refractivity contribution in [2.75, 3.05) is 12.3 Å². The van der Waals surface area contributed by atoms with Crippen molar-refractivity contribution < 1.29 is 4.74 Å². The van der Waals surface area contributed by atoms with Crippen LogP contribution in [0.15, 0.2) is 46.5 Å². The topological polar surface area (TPSA) is 48.1 Å². The monoisotopic (exact) mass is 280 g/mol. The molecule has 0 amide bonds. The Balaban J connectivity index is 2.18. The lowest BCUT2D eigenvalue weighted by Gasteiger charge is -2.08. The van der Waals surface area contributed by atoms with Crippen LogP contribution in [0.1, 0.15) is 6.92 Å². The van der Waals surface area contributed by atoms with Gasteiger partial charge in [-0.15, -0.1) is 0 Å². The van der Waals surface area contributed by atoms with Gasteiger partial charge in [0.15, 0.2) is 0 Å². The zero-order valence-electron chi connectivity index (χ0n) is 9.89. The van der Waals surface area contributed by atoms with Crippen LogP contribution in [0.2, 0.25) is 5.02 Å². The average molecular weight is 281 g/mol. The third kappa shape index (κ3) is 3.31. The number of nitrogen functional groups attached to an aromatic ring is 1. The van der Waals surface area contributed by atoms with E-state index in [1.165, 1.54) is 11.8 Å². The lowest BCUT2D eigenvalue weighted by atomic mass is 10.3. The molecule has 0 radical (unpaired) electrons. The van der Waals surface area contributed by atoms with Crippen LogP contribution < -0.4 is 10.5 Å². The Kier molecular flexibility index (Phi) is 4.33. The van der Waals surface area contributed by atoms with Crippen molar-refractivity contribution in [3.63, 3.8) is 0 Å². The molecule has 2 N–H and O–H groups in total. The fourth-order valence-corrected chi connectivity index (χ4v) is 2.30. The van der Waals surface area contributed by atoms with E-state index in [0.29, 0.717) is 23.1 Å². The maximum Gasteiger partial charge on any atom is 0.143 e. The van der Waals surface area contributed by atoms with E-state index < -0.39 is 0 Å². The molecule has 2 aromatic rings. The van der Waals surface area contributed by atoms with Gasteiger partial charge >= 0.3 is 0 Å². The molecule has 0 spiro atoms. The summed E-state index contributed by atoms with van der Waals surface area (Å²) in [4.78, 5) is 5.26. The molecule has 3 nitrogen and oxygen atoms in total. The van der Waals surface area contributed by atoms with Crippen LogP contribution in [0.4, 0.5) is 5.69 Å². The second-order valence-electron chi connectivity index (χ2n) is 3.55. The zero-order valence-corrected chi connectivity index (χ0v) is 11.5. The number of anilines is 1.